The van der Waals surface area contributed by atoms with Crippen molar-refractivity contribution in [3.63, 3.8) is 0 Å². The van der Waals surface area contributed by atoms with E-state index in [1.807, 2.05) is 27.7 Å². The van der Waals surface area contributed by atoms with Gasteiger partial charge < -0.3 is 20.1 Å². The zero-order valence-electron chi connectivity index (χ0n) is 18.1. The molecule has 1 aliphatic rings. The number of hydrogen-bond acceptors (Lipinski definition) is 4. The highest BCUT2D eigenvalue weighted by molar-refractivity contribution is 5.80. The Labute approximate surface area is 181 Å². The minimum atomic E-state index is -0.599. The average molecular weight is 423 g/mol. The monoisotopic (exact) mass is 423 g/mol. The molecule has 3 rings (SSSR count). The molecule has 1 atom stereocenters. The number of amides is 2. The van der Waals surface area contributed by atoms with Gasteiger partial charge in [0.05, 0.1) is 24.3 Å². The summed E-state index contributed by atoms with van der Waals surface area (Å²) in [4.78, 5) is 12.3. The number of benzene rings is 2. The summed E-state index contributed by atoms with van der Waals surface area (Å²) in [6.45, 7) is 8.37. The number of carbonyl (C=O) groups excluding carboxylic acids is 1. The lowest BCUT2D eigenvalue weighted by Gasteiger charge is -2.33. The van der Waals surface area contributed by atoms with Gasteiger partial charge in [0.2, 0.25) is 0 Å². The maximum Gasteiger partial charge on any atom is 0.319 e. The maximum absolute atomic E-state index is 13.1. The predicted molar refractivity (Wildman–Crippen MR) is 115 cm³/mol. The molecule has 2 amide bonds. The first-order chi connectivity index (χ1) is 14.7. The van der Waals surface area contributed by atoms with E-state index in [0.717, 1.165) is 5.56 Å². The second-order valence-electron chi connectivity index (χ2n) is 8.24. The number of nitrogens with zero attached hydrogens (tertiary/aromatic N) is 1. The number of urea groups is 1. The third-order valence-electron chi connectivity index (χ3n) is 4.85. The summed E-state index contributed by atoms with van der Waals surface area (Å²) in [6.07, 6.45) is 0. The molecule has 0 spiro atoms. The second-order valence-corrected chi connectivity index (χ2v) is 8.24. The summed E-state index contributed by atoms with van der Waals surface area (Å²) in [5.74, 6) is 0.723. The number of carbonyl (C=O) groups is 1. The second kappa shape index (κ2) is 9.09. The summed E-state index contributed by atoms with van der Waals surface area (Å²) in [6, 6.07) is 12.7. The molecule has 1 heterocycles. The van der Waals surface area contributed by atoms with E-state index in [2.05, 4.69) is 16.7 Å². The number of ether oxygens (including phenoxy) is 2. The average Bonchev–Trinajstić information content (AvgIpc) is 2.73. The van der Waals surface area contributed by atoms with Gasteiger partial charge in [-0.1, -0.05) is 39.0 Å². The number of nitriles is 1. The molecule has 0 saturated carbocycles. The maximum atomic E-state index is 13.1. The van der Waals surface area contributed by atoms with Crippen LogP contribution in [0.1, 0.15) is 44.9 Å². The van der Waals surface area contributed by atoms with Crippen molar-refractivity contribution in [2.45, 2.75) is 40.3 Å². The predicted octanol–water partition coefficient (Wildman–Crippen LogP) is 4.98. The molecular formula is C24H26FN3O3. The fourth-order valence-electron chi connectivity index (χ4n) is 3.36. The highest BCUT2D eigenvalue weighted by Crippen LogP contribution is 2.37. The molecule has 0 aromatic heterocycles. The van der Waals surface area contributed by atoms with Crippen LogP contribution in [-0.4, -0.2) is 12.6 Å². The fourth-order valence-corrected chi connectivity index (χ4v) is 3.36. The van der Waals surface area contributed by atoms with Crippen LogP contribution in [0.2, 0.25) is 0 Å². The molecule has 0 fully saturated rings. The van der Waals surface area contributed by atoms with Crippen molar-refractivity contribution in [1.82, 2.24) is 10.6 Å². The van der Waals surface area contributed by atoms with E-state index >= 15 is 0 Å². The highest BCUT2D eigenvalue weighted by atomic mass is 19.1. The molecular weight excluding hydrogens is 397 g/mol. The van der Waals surface area contributed by atoms with E-state index < -0.39 is 11.5 Å². The van der Waals surface area contributed by atoms with Crippen LogP contribution in [0.4, 0.5) is 9.18 Å². The third kappa shape index (κ3) is 5.15. The van der Waals surface area contributed by atoms with Gasteiger partial charge in [-0.05, 0) is 42.3 Å². The summed E-state index contributed by atoms with van der Waals surface area (Å²) in [7, 11) is 0. The van der Waals surface area contributed by atoms with Crippen LogP contribution < -0.4 is 20.1 Å². The fraction of sp³-hybridized carbons (Fsp3) is 0.333. The SMILES string of the molecule is CCOc1cc([C@@H]2NC(=O)NC(C(C)(C)C)=C2C#N)ccc1OCc1ccc(F)cc1. The van der Waals surface area contributed by atoms with E-state index in [0.29, 0.717) is 34.9 Å². The van der Waals surface area contributed by atoms with Gasteiger partial charge in [-0.15, -0.1) is 0 Å². The Kier molecular flexibility index (Phi) is 6.50. The van der Waals surface area contributed by atoms with Crippen molar-refractivity contribution in [3.8, 4) is 17.6 Å². The van der Waals surface area contributed by atoms with Crippen LogP contribution in [0.15, 0.2) is 53.7 Å². The van der Waals surface area contributed by atoms with Gasteiger partial charge in [0, 0.05) is 11.1 Å². The van der Waals surface area contributed by atoms with E-state index in [1.165, 1.54) is 12.1 Å². The molecule has 0 bridgehead atoms. The third-order valence-corrected chi connectivity index (χ3v) is 4.85. The van der Waals surface area contributed by atoms with Crippen molar-refractivity contribution < 1.29 is 18.7 Å². The topological polar surface area (TPSA) is 83.4 Å². The zero-order valence-corrected chi connectivity index (χ0v) is 18.1. The minimum Gasteiger partial charge on any atom is -0.490 e. The van der Waals surface area contributed by atoms with Crippen molar-refractivity contribution in [1.29, 1.82) is 5.26 Å². The van der Waals surface area contributed by atoms with Gasteiger partial charge in [-0.3, -0.25) is 0 Å². The quantitative estimate of drug-likeness (QED) is 0.686. The van der Waals surface area contributed by atoms with E-state index in [-0.39, 0.29) is 18.5 Å². The lowest BCUT2D eigenvalue weighted by molar-refractivity contribution is 0.235. The van der Waals surface area contributed by atoms with Crippen LogP contribution in [0.3, 0.4) is 0 Å². The number of halogens is 1. The lowest BCUT2D eigenvalue weighted by Crippen LogP contribution is -2.46. The molecule has 2 aromatic rings. The van der Waals surface area contributed by atoms with Crippen LogP contribution in [0.25, 0.3) is 0 Å². The van der Waals surface area contributed by atoms with Crippen LogP contribution in [-0.2, 0) is 6.61 Å². The highest BCUT2D eigenvalue weighted by Gasteiger charge is 2.34. The molecule has 2 aromatic carbocycles. The van der Waals surface area contributed by atoms with Crippen LogP contribution >= 0.6 is 0 Å². The Morgan fingerprint density at radius 2 is 1.81 bits per heavy atom. The minimum absolute atomic E-state index is 0.251. The molecule has 162 valence electrons. The van der Waals surface area contributed by atoms with Crippen molar-refractivity contribution in [3.05, 3.63) is 70.7 Å². The smallest absolute Gasteiger partial charge is 0.319 e. The summed E-state index contributed by atoms with van der Waals surface area (Å²) in [5.41, 5.74) is 2.18. The Morgan fingerprint density at radius 3 is 2.42 bits per heavy atom. The van der Waals surface area contributed by atoms with Gasteiger partial charge >= 0.3 is 6.03 Å². The van der Waals surface area contributed by atoms with Crippen molar-refractivity contribution in [2.75, 3.05) is 6.61 Å². The molecule has 31 heavy (non-hydrogen) atoms. The van der Waals surface area contributed by atoms with Gasteiger partial charge in [0.1, 0.15) is 12.4 Å². The van der Waals surface area contributed by atoms with Crippen LogP contribution in [0.5, 0.6) is 11.5 Å². The molecule has 0 unspecified atom stereocenters. The summed E-state index contributed by atoms with van der Waals surface area (Å²) in [5, 5.41) is 15.4. The van der Waals surface area contributed by atoms with Gasteiger partial charge in [0.25, 0.3) is 0 Å². The Hall–Kier alpha value is -3.53. The first-order valence-corrected chi connectivity index (χ1v) is 10.1. The zero-order chi connectivity index (χ0) is 22.6. The Morgan fingerprint density at radius 1 is 1.10 bits per heavy atom. The first-order valence-electron chi connectivity index (χ1n) is 10.1. The number of allylic oxidation sites excluding steroid dienone is 1. The van der Waals surface area contributed by atoms with Crippen molar-refractivity contribution >= 4 is 6.03 Å². The summed E-state index contributed by atoms with van der Waals surface area (Å²) >= 11 is 0. The normalized spacial score (nSPS) is 16.3. The summed E-state index contributed by atoms with van der Waals surface area (Å²) < 4.78 is 24.7. The van der Waals surface area contributed by atoms with E-state index in [4.69, 9.17) is 9.47 Å². The van der Waals surface area contributed by atoms with Gasteiger partial charge in [0.15, 0.2) is 11.5 Å². The molecule has 7 heteroatoms. The van der Waals surface area contributed by atoms with Crippen LogP contribution in [0, 0.1) is 22.6 Å². The largest absolute Gasteiger partial charge is 0.490 e. The Balaban J connectivity index is 1.93. The molecule has 0 saturated heterocycles. The Bertz CT molecular complexity index is 1030. The molecule has 2 N–H and O–H groups in total. The van der Waals surface area contributed by atoms with Gasteiger partial charge in [-0.2, -0.15) is 5.26 Å². The molecule has 1 aliphatic heterocycles. The molecule has 0 aliphatic carbocycles. The molecule has 6 nitrogen and oxygen atoms in total. The lowest BCUT2D eigenvalue weighted by atomic mass is 9.84. The first kappa shape index (κ1) is 22.2. The standard InChI is InChI=1S/C24H26FN3O3/c1-5-30-20-12-16(8-11-19(20)31-14-15-6-9-17(25)10-7-15)21-18(13-26)22(24(2,3)4)28-23(29)27-21/h6-12,21H,5,14H2,1-4H3,(H2,27,28,29)/t21-/m0/s1. The number of hydrogen-bond donors (Lipinski definition) is 2. The van der Waals surface area contributed by atoms with E-state index in [9.17, 15) is 14.4 Å². The van der Waals surface area contributed by atoms with Crippen molar-refractivity contribution in [2.24, 2.45) is 5.41 Å². The number of nitrogens with one attached hydrogen (secondary N) is 2. The molecule has 0 radical (unpaired) electrons. The van der Waals surface area contributed by atoms with E-state index in [1.54, 1.807) is 30.3 Å². The van der Waals surface area contributed by atoms with Gasteiger partial charge in [-0.25, -0.2) is 9.18 Å². The number of rotatable bonds is 6.